The lowest BCUT2D eigenvalue weighted by molar-refractivity contribution is -0.870. The van der Waals surface area contributed by atoms with Gasteiger partial charge in [0.25, 0.3) is 7.82 Å². The van der Waals surface area contributed by atoms with E-state index in [0.717, 1.165) is 64.2 Å². The summed E-state index contributed by atoms with van der Waals surface area (Å²) in [5.74, 6) is -0.468. The summed E-state index contributed by atoms with van der Waals surface area (Å²) in [6.07, 6.45) is 54.5. The van der Waals surface area contributed by atoms with Crippen LogP contribution < -0.4 is 4.89 Å². The number of phosphoric ester groups is 1. The molecule has 0 aliphatic carbocycles. The van der Waals surface area contributed by atoms with E-state index in [0.29, 0.717) is 24.1 Å². The second-order valence-corrected chi connectivity index (χ2v) is 16.7. The molecule has 0 aliphatic heterocycles. The maximum absolute atomic E-state index is 12.6. The molecule has 9 heteroatoms. The summed E-state index contributed by atoms with van der Waals surface area (Å²) in [4.78, 5) is 25.0. The number of allylic oxidation sites excluding steroid dienone is 15. The second kappa shape index (κ2) is 40.2. The first-order chi connectivity index (χ1) is 27.6. The average Bonchev–Trinajstić information content (AvgIpc) is 3.16. The summed E-state index contributed by atoms with van der Waals surface area (Å²) in [6.45, 7) is 5.08. The third-order valence-corrected chi connectivity index (χ3v) is 9.62. The topological polar surface area (TPSA) is 94.1 Å². The Morgan fingerprint density at radius 1 is 0.561 bits per heavy atom. The third-order valence-electron chi connectivity index (χ3n) is 8.65. The molecule has 57 heavy (non-hydrogen) atoms. The highest BCUT2D eigenvalue weighted by Crippen LogP contribution is 2.38. The molecule has 0 rings (SSSR count). The highest BCUT2D eigenvalue weighted by Gasteiger charge is 2.20. The number of ether oxygens (including phenoxy) is 2. The van der Waals surface area contributed by atoms with Gasteiger partial charge in [0.05, 0.1) is 40.8 Å². The van der Waals surface area contributed by atoms with Crippen molar-refractivity contribution in [1.82, 2.24) is 0 Å². The van der Waals surface area contributed by atoms with Crippen LogP contribution in [0.25, 0.3) is 0 Å². The molecule has 0 spiro atoms. The summed E-state index contributed by atoms with van der Waals surface area (Å²) >= 11 is 0. The molecule has 0 amide bonds. The highest BCUT2D eigenvalue weighted by atomic mass is 31.2. The Morgan fingerprint density at radius 3 is 1.53 bits per heavy atom. The molecule has 0 heterocycles. The van der Waals surface area contributed by atoms with Crippen molar-refractivity contribution in [1.29, 1.82) is 0 Å². The van der Waals surface area contributed by atoms with Crippen molar-refractivity contribution in [2.24, 2.45) is 0 Å². The van der Waals surface area contributed by atoms with Crippen LogP contribution in [0.4, 0.5) is 0 Å². The predicted octanol–water partition coefficient (Wildman–Crippen LogP) is 12.4. The summed E-state index contributed by atoms with van der Waals surface area (Å²) in [7, 11) is 1.28. The van der Waals surface area contributed by atoms with E-state index in [9.17, 15) is 14.3 Å². The van der Waals surface area contributed by atoms with Gasteiger partial charge in [-0.05, 0) is 77.0 Å². The summed E-state index contributed by atoms with van der Waals surface area (Å²) in [5.41, 5.74) is 0. The van der Waals surface area contributed by atoms with E-state index in [1.54, 1.807) is 6.08 Å². The van der Waals surface area contributed by atoms with Gasteiger partial charge in [0, 0.05) is 6.61 Å². The molecular weight excluding hydrogens is 734 g/mol. The quantitative estimate of drug-likeness (QED) is 0.0200. The van der Waals surface area contributed by atoms with Crippen LogP contribution in [0.3, 0.4) is 0 Å². The molecule has 0 bridgehead atoms. The largest absolute Gasteiger partial charge is 0.756 e. The molecule has 2 atom stereocenters. The Kier molecular flexibility index (Phi) is 38.4. The van der Waals surface area contributed by atoms with Gasteiger partial charge >= 0.3 is 5.97 Å². The van der Waals surface area contributed by atoms with E-state index in [1.807, 2.05) is 27.2 Å². The van der Waals surface area contributed by atoms with Crippen LogP contribution >= 0.6 is 7.82 Å². The molecule has 2 unspecified atom stereocenters. The zero-order valence-corrected chi connectivity index (χ0v) is 37.6. The highest BCUT2D eigenvalue weighted by molar-refractivity contribution is 7.45. The number of phosphoric acid groups is 1. The fraction of sp³-hybridized carbons (Fsp3) is 0.646. The molecule has 0 radical (unpaired) electrons. The van der Waals surface area contributed by atoms with E-state index in [1.165, 1.54) is 51.4 Å². The third kappa shape index (κ3) is 44.4. The van der Waals surface area contributed by atoms with Gasteiger partial charge < -0.3 is 27.9 Å². The van der Waals surface area contributed by atoms with E-state index in [2.05, 4.69) is 98.9 Å². The van der Waals surface area contributed by atoms with Crippen LogP contribution in [0.5, 0.6) is 0 Å². The second-order valence-electron chi connectivity index (χ2n) is 15.3. The van der Waals surface area contributed by atoms with E-state index in [-0.39, 0.29) is 26.2 Å². The fourth-order valence-electron chi connectivity index (χ4n) is 5.27. The molecule has 0 saturated heterocycles. The van der Waals surface area contributed by atoms with Crippen LogP contribution in [0, 0.1) is 0 Å². The standard InChI is InChI=1S/C48H82NO7P/c1-6-8-10-12-14-16-18-20-22-23-24-25-26-28-30-32-34-36-38-40-43-53-45-47(46-55-57(51,52)54-44-42-49(3,4)5)56-48(50)41-39-37-35-33-31-29-27-21-19-17-15-13-11-9-7-2/h9,11,14-17,20-22,24-25,27,31,33,37,39,47H,6-8,10,12-13,18-19,23,26,28-30,32,34-36,38,40-46H2,1-5H3/b11-9-,16-14-,17-15-,22-20-,25-24-,27-21-,33-31-,39-37-. The SMILES string of the molecule is CC/C=C\C/C=C\C/C=C\C/C=C\C/C=C\CC(=O)OC(COCCCCCCCCC/C=C\C/C=C\C/C=C\CCCCC)COP(=O)([O-])OCC[N+](C)(C)C. The number of likely N-dealkylation sites (N-methyl/N-ethyl adjacent to an activating group) is 1. The smallest absolute Gasteiger partial charge is 0.310 e. The van der Waals surface area contributed by atoms with Crippen molar-refractivity contribution in [3.05, 3.63) is 97.2 Å². The normalized spacial score (nSPS) is 14.7. The molecule has 0 aromatic rings. The van der Waals surface area contributed by atoms with Crippen LogP contribution in [-0.4, -0.2) is 70.7 Å². The van der Waals surface area contributed by atoms with E-state index < -0.39 is 19.9 Å². The number of hydrogen-bond acceptors (Lipinski definition) is 7. The predicted molar refractivity (Wildman–Crippen MR) is 240 cm³/mol. The summed E-state index contributed by atoms with van der Waals surface area (Å²) in [5, 5.41) is 0. The maximum Gasteiger partial charge on any atom is 0.310 e. The van der Waals surface area contributed by atoms with Gasteiger partial charge in [-0.25, -0.2) is 0 Å². The molecule has 0 fully saturated rings. The van der Waals surface area contributed by atoms with Crippen LogP contribution in [0.1, 0.15) is 142 Å². The number of rotatable bonds is 39. The van der Waals surface area contributed by atoms with Gasteiger partial charge in [-0.2, -0.15) is 0 Å². The average molecular weight is 816 g/mol. The van der Waals surface area contributed by atoms with Crippen LogP contribution in [-0.2, 0) is 27.9 Å². The summed E-state index contributed by atoms with van der Waals surface area (Å²) in [6, 6.07) is 0. The number of esters is 1. The molecule has 0 aromatic carbocycles. The number of carbonyl (C=O) groups excluding carboxylic acids is 1. The number of quaternary nitrogens is 1. The molecule has 0 aromatic heterocycles. The summed E-state index contributed by atoms with van der Waals surface area (Å²) < 4.78 is 34.4. The van der Waals surface area contributed by atoms with Gasteiger partial charge in [0.2, 0.25) is 0 Å². The van der Waals surface area contributed by atoms with Crippen molar-refractivity contribution in [2.45, 2.75) is 148 Å². The van der Waals surface area contributed by atoms with Crippen molar-refractivity contribution in [3.8, 4) is 0 Å². The Hall–Kier alpha value is -2.58. The zero-order chi connectivity index (χ0) is 42.0. The van der Waals surface area contributed by atoms with Crippen molar-refractivity contribution >= 4 is 13.8 Å². The Bertz CT molecular complexity index is 1230. The lowest BCUT2D eigenvalue weighted by Crippen LogP contribution is -2.37. The first kappa shape index (κ1) is 54.4. The van der Waals surface area contributed by atoms with Crippen LogP contribution in [0.15, 0.2) is 97.2 Å². The number of carbonyl (C=O) groups is 1. The molecule has 0 saturated carbocycles. The van der Waals surface area contributed by atoms with Crippen molar-refractivity contribution < 1.29 is 37.3 Å². The van der Waals surface area contributed by atoms with E-state index in [4.69, 9.17) is 18.5 Å². The van der Waals surface area contributed by atoms with Crippen molar-refractivity contribution in [2.75, 3.05) is 54.1 Å². The monoisotopic (exact) mass is 816 g/mol. The number of nitrogens with zero attached hydrogens (tertiary/aromatic N) is 1. The molecule has 326 valence electrons. The maximum atomic E-state index is 12.6. The molecule has 8 nitrogen and oxygen atoms in total. The fourth-order valence-corrected chi connectivity index (χ4v) is 6.00. The Balaban J connectivity index is 4.38. The lowest BCUT2D eigenvalue weighted by atomic mass is 10.1. The van der Waals surface area contributed by atoms with Crippen molar-refractivity contribution in [3.63, 3.8) is 0 Å². The van der Waals surface area contributed by atoms with Gasteiger partial charge in [-0.15, -0.1) is 0 Å². The van der Waals surface area contributed by atoms with Gasteiger partial charge in [-0.3, -0.25) is 9.36 Å². The van der Waals surface area contributed by atoms with Gasteiger partial charge in [-0.1, -0.05) is 156 Å². The van der Waals surface area contributed by atoms with E-state index >= 15 is 0 Å². The zero-order valence-electron chi connectivity index (χ0n) is 36.7. The minimum atomic E-state index is -4.56. The lowest BCUT2D eigenvalue weighted by Gasteiger charge is -2.28. The van der Waals surface area contributed by atoms with Crippen LogP contribution in [0.2, 0.25) is 0 Å². The first-order valence-corrected chi connectivity index (χ1v) is 23.4. The minimum absolute atomic E-state index is 0.00191. The minimum Gasteiger partial charge on any atom is -0.756 e. The Morgan fingerprint density at radius 2 is 1.02 bits per heavy atom. The Labute approximate surface area is 349 Å². The molecular formula is C48H82NO7P. The van der Waals surface area contributed by atoms with Gasteiger partial charge in [0.1, 0.15) is 19.3 Å². The number of unbranched alkanes of at least 4 members (excludes halogenated alkanes) is 10. The first-order valence-electron chi connectivity index (χ1n) is 22.0. The molecule has 0 N–H and O–H groups in total. The van der Waals surface area contributed by atoms with Gasteiger partial charge in [0.15, 0.2) is 0 Å². The molecule has 0 aliphatic rings. The number of hydrogen-bond donors (Lipinski definition) is 0.